The SMILES string of the molecule is O=C(O)CNC(=O)NCCOC1CCCC1. The molecule has 6 heteroatoms. The number of carbonyl (C=O) groups excluding carboxylic acids is 1. The van der Waals surface area contributed by atoms with Crippen molar-refractivity contribution in [2.45, 2.75) is 31.8 Å². The van der Waals surface area contributed by atoms with E-state index >= 15 is 0 Å². The number of carbonyl (C=O) groups is 2. The molecule has 0 aromatic rings. The topological polar surface area (TPSA) is 87.7 Å². The average Bonchev–Trinajstić information content (AvgIpc) is 2.74. The van der Waals surface area contributed by atoms with E-state index in [0.29, 0.717) is 19.3 Å². The number of amides is 2. The Morgan fingerprint density at radius 3 is 2.56 bits per heavy atom. The highest BCUT2D eigenvalue weighted by atomic mass is 16.5. The van der Waals surface area contributed by atoms with Gasteiger partial charge < -0.3 is 20.5 Å². The first kappa shape index (κ1) is 12.8. The maximum absolute atomic E-state index is 11.0. The molecule has 0 heterocycles. The Labute approximate surface area is 94.3 Å². The van der Waals surface area contributed by atoms with Crippen molar-refractivity contribution in [3.05, 3.63) is 0 Å². The Hall–Kier alpha value is -1.30. The van der Waals surface area contributed by atoms with Gasteiger partial charge in [-0.15, -0.1) is 0 Å². The molecule has 0 unspecified atom stereocenters. The standard InChI is InChI=1S/C10H18N2O4/c13-9(14)7-12-10(15)11-5-6-16-8-3-1-2-4-8/h8H,1-7H2,(H,13,14)(H2,11,12,15). The summed E-state index contributed by atoms with van der Waals surface area (Å²) in [5, 5.41) is 13.0. The lowest BCUT2D eigenvalue weighted by molar-refractivity contribution is -0.135. The third-order valence-corrected chi connectivity index (χ3v) is 2.44. The van der Waals surface area contributed by atoms with Crippen molar-refractivity contribution in [1.29, 1.82) is 0 Å². The van der Waals surface area contributed by atoms with Crippen LogP contribution in [0.4, 0.5) is 4.79 Å². The van der Waals surface area contributed by atoms with Gasteiger partial charge in [0.25, 0.3) is 0 Å². The smallest absolute Gasteiger partial charge is 0.323 e. The summed E-state index contributed by atoms with van der Waals surface area (Å²) >= 11 is 0. The fourth-order valence-corrected chi connectivity index (χ4v) is 1.66. The summed E-state index contributed by atoms with van der Waals surface area (Å²) < 4.78 is 5.52. The molecule has 1 rings (SSSR count). The van der Waals surface area contributed by atoms with Crippen LogP contribution in [0, 0.1) is 0 Å². The third-order valence-electron chi connectivity index (χ3n) is 2.44. The first-order chi connectivity index (χ1) is 7.68. The van der Waals surface area contributed by atoms with Crippen LogP contribution in [-0.2, 0) is 9.53 Å². The van der Waals surface area contributed by atoms with Crippen LogP contribution in [0.5, 0.6) is 0 Å². The lowest BCUT2D eigenvalue weighted by Crippen LogP contribution is -2.40. The molecular weight excluding hydrogens is 212 g/mol. The summed E-state index contributed by atoms with van der Waals surface area (Å²) in [6.07, 6.45) is 4.98. The highest BCUT2D eigenvalue weighted by Gasteiger charge is 2.14. The first-order valence-electron chi connectivity index (χ1n) is 5.53. The minimum absolute atomic E-state index is 0.337. The van der Waals surface area contributed by atoms with Crippen molar-refractivity contribution in [3.63, 3.8) is 0 Å². The van der Waals surface area contributed by atoms with Gasteiger partial charge in [0, 0.05) is 6.54 Å². The molecule has 3 N–H and O–H groups in total. The molecule has 6 nitrogen and oxygen atoms in total. The molecule has 1 fully saturated rings. The lowest BCUT2D eigenvalue weighted by atomic mass is 10.3. The zero-order chi connectivity index (χ0) is 11.8. The fourth-order valence-electron chi connectivity index (χ4n) is 1.66. The van der Waals surface area contributed by atoms with E-state index in [4.69, 9.17) is 9.84 Å². The van der Waals surface area contributed by atoms with Crippen molar-refractivity contribution in [2.75, 3.05) is 19.7 Å². The number of ether oxygens (including phenoxy) is 1. The molecule has 0 spiro atoms. The van der Waals surface area contributed by atoms with Gasteiger partial charge in [-0.05, 0) is 12.8 Å². The lowest BCUT2D eigenvalue weighted by Gasteiger charge is -2.11. The molecule has 1 saturated carbocycles. The van der Waals surface area contributed by atoms with E-state index in [1.807, 2.05) is 0 Å². The molecule has 0 aromatic heterocycles. The van der Waals surface area contributed by atoms with Gasteiger partial charge in [-0.3, -0.25) is 4.79 Å². The van der Waals surface area contributed by atoms with Gasteiger partial charge in [-0.2, -0.15) is 0 Å². The monoisotopic (exact) mass is 230 g/mol. The van der Waals surface area contributed by atoms with Crippen molar-refractivity contribution in [2.24, 2.45) is 0 Å². The summed E-state index contributed by atoms with van der Waals surface area (Å²) in [4.78, 5) is 21.1. The van der Waals surface area contributed by atoms with Crippen molar-refractivity contribution in [3.8, 4) is 0 Å². The largest absolute Gasteiger partial charge is 0.480 e. The van der Waals surface area contributed by atoms with Crippen LogP contribution in [0.15, 0.2) is 0 Å². The van der Waals surface area contributed by atoms with Crippen LogP contribution in [-0.4, -0.2) is 42.9 Å². The molecule has 0 bridgehead atoms. The van der Waals surface area contributed by atoms with Gasteiger partial charge in [-0.25, -0.2) is 4.79 Å². The Balaban J connectivity index is 1.93. The van der Waals surface area contributed by atoms with Crippen LogP contribution >= 0.6 is 0 Å². The molecule has 0 atom stereocenters. The molecule has 0 aromatic carbocycles. The molecule has 0 radical (unpaired) electrons. The minimum atomic E-state index is -1.06. The molecule has 0 saturated heterocycles. The molecule has 16 heavy (non-hydrogen) atoms. The van der Waals surface area contributed by atoms with Crippen LogP contribution < -0.4 is 10.6 Å². The van der Waals surface area contributed by atoms with Crippen LogP contribution in [0.25, 0.3) is 0 Å². The van der Waals surface area contributed by atoms with Gasteiger partial charge in [0.2, 0.25) is 0 Å². The van der Waals surface area contributed by atoms with Crippen LogP contribution in [0.2, 0.25) is 0 Å². The minimum Gasteiger partial charge on any atom is -0.480 e. The second-order valence-corrected chi connectivity index (χ2v) is 3.78. The summed E-state index contributed by atoms with van der Waals surface area (Å²) in [5.41, 5.74) is 0. The van der Waals surface area contributed by atoms with E-state index in [2.05, 4.69) is 10.6 Å². The zero-order valence-electron chi connectivity index (χ0n) is 9.20. The molecule has 2 amide bonds. The Kier molecular flexibility index (Phi) is 5.63. The quantitative estimate of drug-likeness (QED) is 0.574. The van der Waals surface area contributed by atoms with Gasteiger partial charge in [-0.1, -0.05) is 12.8 Å². The van der Waals surface area contributed by atoms with Crippen LogP contribution in [0.3, 0.4) is 0 Å². The number of rotatable bonds is 6. The number of carboxylic acid groups (broad SMARTS) is 1. The number of urea groups is 1. The molecular formula is C10H18N2O4. The highest BCUT2D eigenvalue weighted by Crippen LogP contribution is 2.20. The second-order valence-electron chi connectivity index (χ2n) is 3.78. The summed E-state index contributed by atoms with van der Waals surface area (Å²) in [6.45, 7) is 0.516. The predicted molar refractivity (Wildman–Crippen MR) is 57.2 cm³/mol. The number of hydrogen-bond donors (Lipinski definition) is 3. The highest BCUT2D eigenvalue weighted by molar-refractivity contribution is 5.79. The average molecular weight is 230 g/mol. The molecule has 1 aliphatic rings. The summed E-state index contributed by atoms with van der Waals surface area (Å²) in [5.74, 6) is -1.06. The van der Waals surface area contributed by atoms with E-state index in [1.54, 1.807) is 0 Å². The molecule has 0 aliphatic heterocycles. The normalized spacial score (nSPS) is 16.0. The number of carboxylic acids is 1. The van der Waals surface area contributed by atoms with Crippen LogP contribution in [0.1, 0.15) is 25.7 Å². The second kappa shape index (κ2) is 7.05. The molecule has 92 valence electrons. The number of aliphatic carboxylic acids is 1. The van der Waals surface area contributed by atoms with E-state index in [9.17, 15) is 9.59 Å². The maximum atomic E-state index is 11.0. The predicted octanol–water partition coefficient (Wildman–Crippen LogP) is 0.329. The fraction of sp³-hybridized carbons (Fsp3) is 0.800. The number of hydrogen-bond acceptors (Lipinski definition) is 3. The van der Waals surface area contributed by atoms with Gasteiger partial charge in [0.1, 0.15) is 6.54 Å². The summed E-state index contributed by atoms with van der Waals surface area (Å²) in [6, 6.07) is -0.475. The third kappa shape index (κ3) is 5.55. The summed E-state index contributed by atoms with van der Waals surface area (Å²) in [7, 11) is 0. The van der Waals surface area contributed by atoms with Gasteiger partial charge >= 0.3 is 12.0 Å². The van der Waals surface area contributed by atoms with Gasteiger partial charge in [0.05, 0.1) is 12.7 Å². The zero-order valence-corrected chi connectivity index (χ0v) is 9.20. The molecule has 1 aliphatic carbocycles. The van der Waals surface area contributed by atoms with Crippen molar-refractivity contribution < 1.29 is 19.4 Å². The Bertz CT molecular complexity index is 239. The van der Waals surface area contributed by atoms with Crippen molar-refractivity contribution in [1.82, 2.24) is 10.6 Å². The van der Waals surface area contributed by atoms with Gasteiger partial charge in [0.15, 0.2) is 0 Å². The van der Waals surface area contributed by atoms with Crippen molar-refractivity contribution >= 4 is 12.0 Å². The van der Waals surface area contributed by atoms with E-state index in [-0.39, 0.29) is 6.54 Å². The maximum Gasteiger partial charge on any atom is 0.323 e. The first-order valence-corrected chi connectivity index (χ1v) is 5.53. The van der Waals surface area contributed by atoms with E-state index in [0.717, 1.165) is 12.8 Å². The van der Waals surface area contributed by atoms with E-state index in [1.165, 1.54) is 12.8 Å². The van der Waals surface area contributed by atoms with E-state index < -0.39 is 12.0 Å². The number of nitrogens with one attached hydrogen (secondary N) is 2. The Morgan fingerprint density at radius 2 is 1.94 bits per heavy atom. The Morgan fingerprint density at radius 1 is 1.25 bits per heavy atom.